The van der Waals surface area contributed by atoms with Gasteiger partial charge in [0.15, 0.2) is 0 Å². The minimum Gasteiger partial charge on any atom is -0.0595 e. The van der Waals surface area contributed by atoms with Gasteiger partial charge in [0.05, 0.1) is 0 Å². The van der Waals surface area contributed by atoms with Crippen LogP contribution in [0.3, 0.4) is 0 Å². The lowest BCUT2D eigenvalue weighted by Gasteiger charge is -2.01. The lowest BCUT2D eigenvalue weighted by atomic mass is 10.0. The van der Waals surface area contributed by atoms with Crippen LogP contribution < -0.4 is 0 Å². The van der Waals surface area contributed by atoms with Crippen LogP contribution in [-0.2, 0) is 0 Å². The Hall–Kier alpha value is -0.860. The van der Waals surface area contributed by atoms with Gasteiger partial charge in [0.2, 0.25) is 0 Å². The van der Waals surface area contributed by atoms with E-state index in [0.29, 0.717) is 0 Å². The van der Waals surface area contributed by atoms with Gasteiger partial charge in [-0.25, -0.2) is 0 Å². The SMILES string of the molecule is Br/C=C\c1ccc2ccc(/C=C\Br)cc2c1. The van der Waals surface area contributed by atoms with Crippen molar-refractivity contribution in [1.82, 2.24) is 0 Å². The summed E-state index contributed by atoms with van der Waals surface area (Å²) < 4.78 is 0. The Morgan fingerprint density at radius 2 is 1.19 bits per heavy atom. The zero-order valence-corrected chi connectivity index (χ0v) is 11.7. The number of fused-ring (bicyclic) bond motifs is 1. The van der Waals surface area contributed by atoms with Gasteiger partial charge in [0.1, 0.15) is 0 Å². The minimum absolute atomic E-state index is 1.20. The van der Waals surface area contributed by atoms with Gasteiger partial charge in [-0.2, -0.15) is 0 Å². The van der Waals surface area contributed by atoms with Crippen molar-refractivity contribution >= 4 is 54.8 Å². The molecule has 0 N–H and O–H groups in total. The summed E-state index contributed by atoms with van der Waals surface area (Å²) in [5.74, 6) is 0. The molecule has 80 valence electrons. The topological polar surface area (TPSA) is 0 Å². The van der Waals surface area contributed by atoms with Crippen molar-refractivity contribution in [2.45, 2.75) is 0 Å². The summed E-state index contributed by atoms with van der Waals surface area (Å²) in [6.45, 7) is 0. The summed E-state index contributed by atoms with van der Waals surface area (Å²) in [6.07, 6.45) is 4.07. The molecular formula is C14H10Br2. The Labute approximate surface area is 112 Å². The molecule has 0 bridgehead atoms. The molecule has 0 aliphatic heterocycles. The molecule has 0 nitrogen and oxygen atoms in total. The van der Waals surface area contributed by atoms with Crippen molar-refractivity contribution in [3.63, 3.8) is 0 Å². The molecule has 16 heavy (non-hydrogen) atoms. The summed E-state index contributed by atoms with van der Waals surface area (Å²) in [5, 5.41) is 2.52. The first-order chi connectivity index (χ1) is 7.83. The Kier molecular flexibility index (Phi) is 3.97. The fourth-order valence-corrected chi connectivity index (χ4v) is 2.25. The Morgan fingerprint density at radius 1 is 0.688 bits per heavy atom. The lowest BCUT2D eigenvalue weighted by Crippen LogP contribution is -1.77. The van der Waals surface area contributed by atoms with Crippen LogP contribution in [-0.4, -0.2) is 0 Å². The standard InChI is InChI=1S/C14H10Br2/c15-7-5-11-1-3-13-4-2-12(6-8-16)10-14(13)9-11/h1-10H/b7-5-,8-6-. The zero-order chi connectivity index (χ0) is 11.4. The van der Waals surface area contributed by atoms with Crippen molar-refractivity contribution in [2.24, 2.45) is 0 Å². The Morgan fingerprint density at radius 3 is 1.62 bits per heavy atom. The number of benzene rings is 2. The van der Waals surface area contributed by atoms with E-state index in [2.05, 4.69) is 68.3 Å². The molecule has 0 fully saturated rings. The quantitative estimate of drug-likeness (QED) is 0.671. The predicted octanol–water partition coefficient (Wildman–Crippen LogP) is 5.57. The number of hydrogen-bond donors (Lipinski definition) is 0. The normalized spacial score (nSPS) is 11.9. The van der Waals surface area contributed by atoms with E-state index in [9.17, 15) is 0 Å². The Balaban J connectivity index is 2.56. The predicted molar refractivity (Wildman–Crippen MR) is 79.9 cm³/mol. The molecule has 0 radical (unpaired) electrons. The fraction of sp³-hybridized carbons (Fsp3) is 0. The molecule has 0 amide bonds. The lowest BCUT2D eigenvalue weighted by molar-refractivity contribution is 1.68. The first-order valence-electron chi connectivity index (χ1n) is 4.91. The molecular weight excluding hydrogens is 328 g/mol. The van der Waals surface area contributed by atoms with Crippen LogP contribution in [0, 0.1) is 0 Å². The van der Waals surface area contributed by atoms with Crippen LogP contribution in [0.4, 0.5) is 0 Å². The van der Waals surface area contributed by atoms with E-state index in [0.717, 1.165) is 0 Å². The molecule has 0 aliphatic carbocycles. The maximum atomic E-state index is 3.29. The molecule has 2 rings (SSSR count). The van der Waals surface area contributed by atoms with Crippen LogP contribution >= 0.6 is 31.9 Å². The minimum atomic E-state index is 1.20. The number of rotatable bonds is 2. The fourth-order valence-electron chi connectivity index (χ4n) is 1.64. The van der Waals surface area contributed by atoms with E-state index in [1.165, 1.54) is 21.9 Å². The zero-order valence-electron chi connectivity index (χ0n) is 8.53. The molecule has 0 aliphatic rings. The second-order valence-corrected chi connectivity index (χ2v) is 4.51. The molecule has 0 unspecified atom stereocenters. The second kappa shape index (κ2) is 5.46. The van der Waals surface area contributed by atoms with Crippen LogP contribution in [0.2, 0.25) is 0 Å². The van der Waals surface area contributed by atoms with E-state index < -0.39 is 0 Å². The molecule has 2 aromatic rings. The highest BCUT2D eigenvalue weighted by molar-refractivity contribution is 9.11. The third-order valence-corrected chi connectivity index (χ3v) is 2.93. The van der Waals surface area contributed by atoms with Gasteiger partial charge < -0.3 is 0 Å². The van der Waals surface area contributed by atoms with Gasteiger partial charge in [0.25, 0.3) is 0 Å². The maximum absolute atomic E-state index is 3.29. The Bertz CT molecular complexity index is 507. The van der Waals surface area contributed by atoms with Crippen molar-refractivity contribution in [3.05, 3.63) is 57.5 Å². The summed E-state index contributed by atoms with van der Waals surface area (Å²) in [4.78, 5) is 3.74. The van der Waals surface area contributed by atoms with Crippen molar-refractivity contribution in [1.29, 1.82) is 0 Å². The number of halogens is 2. The van der Waals surface area contributed by atoms with Crippen LogP contribution in [0.5, 0.6) is 0 Å². The van der Waals surface area contributed by atoms with Crippen LogP contribution in [0.1, 0.15) is 11.1 Å². The molecule has 2 heteroatoms. The average molecular weight is 338 g/mol. The highest BCUT2D eigenvalue weighted by Crippen LogP contribution is 2.20. The van der Waals surface area contributed by atoms with Gasteiger partial charge >= 0.3 is 0 Å². The van der Waals surface area contributed by atoms with Gasteiger partial charge in [-0.1, -0.05) is 56.1 Å². The highest BCUT2D eigenvalue weighted by Gasteiger charge is 1.95. The summed E-state index contributed by atoms with van der Waals surface area (Å²) in [5.41, 5.74) is 2.40. The first kappa shape index (κ1) is 11.6. The van der Waals surface area contributed by atoms with Crippen LogP contribution in [0.15, 0.2) is 46.4 Å². The molecule has 0 heterocycles. The van der Waals surface area contributed by atoms with Crippen molar-refractivity contribution in [3.8, 4) is 0 Å². The molecule has 0 spiro atoms. The van der Waals surface area contributed by atoms with Crippen molar-refractivity contribution in [2.75, 3.05) is 0 Å². The van der Waals surface area contributed by atoms with Gasteiger partial charge in [-0.15, -0.1) is 0 Å². The molecule has 0 saturated carbocycles. The number of hydrogen-bond acceptors (Lipinski definition) is 0. The molecule has 0 aromatic heterocycles. The molecule has 0 saturated heterocycles. The molecule has 0 atom stereocenters. The molecule has 2 aromatic carbocycles. The van der Waals surface area contributed by atoms with E-state index in [1.54, 1.807) is 0 Å². The van der Waals surface area contributed by atoms with Crippen molar-refractivity contribution < 1.29 is 0 Å². The van der Waals surface area contributed by atoms with Crippen LogP contribution in [0.25, 0.3) is 22.9 Å². The third-order valence-electron chi connectivity index (χ3n) is 2.40. The van der Waals surface area contributed by atoms with E-state index in [1.807, 2.05) is 22.1 Å². The highest BCUT2D eigenvalue weighted by atomic mass is 79.9. The van der Waals surface area contributed by atoms with Gasteiger partial charge in [0, 0.05) is 0 Å². The average Bonchev–Trinajstić information content (AvgIpc) is 2.29. The summed E-state index contributed by atoms with van der Waals surface area (Å²) in [7, 11) is 0. The second-order valence-electron chi connectivity index (χ2n) is 3.45. The first-order valence-corrected chi connectivity index (χ1v) is 6.74. The summed E-state index contributed by atoms with van der Waals surface area (Å²) in [6, 6.07) is 12.9. The monoisotopic (exact) mass is 336 g/mol. The third kappa shape index (κ3) is 2.63. The smallest absolute Gasteiger partial charge is 0.0172 e. The maximum Gasteiger partial charge on any atom is -0.0172 e. The summed E-state index contributed by atoms with van der Waals surface area (Å²) >= 11 is 6.58. The van der Waals surface area contributed by atoms with Gasteiger partial charge in [-0.3, -0.25) is 0 Å². The van der Waals surface area contributed by atoms with E-state index in [4.69, 9.17) is 0 Å². The van der Waals surface area contributed by atoms with Gasteiger partial charge in [-0.05, 0) is 56.2 Å². The van der Waals surface area contributed by atoms with E-state index in [-0.39, 0.29) is 0 Å². The van der Waals surface area contributed by atoms with E-state index >= 15 is 0 Å². The largest absolute Gasteiger partial charge is 0.0595 e.